The number of pyridine rings is 1. The van der Waals surface area contributed by atoms with Gasteiger partial charge in [0.1, 0.15) is 11.3 Å². The molecule has 11 heteroatoms. The number of carbonyl (C=O) groups excluding carboxylic acids is 2. The first-order chi connectivity index (χ1) is 12.9. The summed E-state index contributed by atoms with van der Waals surface area (Å²) in [4.78, 5) is 40.0. The van der Waals surface area contributed by atoms with Gasteiger partial charge in [-0.05, 0) is 33.1 Å². The number of nitrogen functional groups attached to an aromatic ring is 1. The molecule has 1 fully saturated rings. The highest BCUT2D eigenvalue weighted by molar-refractivity contribution is 6.01. The third kappa shape index (κ3) is 4.78. The lowest BCUT2D eigenvalue weighted by atomic mass is 9.93. The molecule has 11 nitrogen and oxygen atoms in total. The van der Waals surface area contributed by atoms with Gasteiger partial charge in [-0.3, -0.25) is 14.9 Å². The van der Waals surface area contributed by atoms with E-state index in [1.807, 2.05) is 6.92 Å². The van der Waals surface area contributed by atoms with Crippen molar-refractivity contribution in [3.05, 3.63) is 21.9 Å². The molecule has 0 radical (unpaired) electrons. The quantitative estimate of drug-likeness (QED) is 0.512. The van der Waals surface area contributed by atoms with Crippen LogP contribution < -0.4 is 16.8 Å². The molecule has 5 N–H and O–H groups in total. The topological polar surface area (TPSA) is 167 Å². The highest BCUT2D eigenvalue weighted by Crippen LogP contribution is 2.34. The monoisotopic (exact) mass is 394 g/mol. The molecule has 1 aliphatic heterocycles. The van der Waals surface area contributed by atoms with Gasteiger partial charge < -0.3 is 26.4 Å². The van der Waals surface area contributed by atoms with Gasteiger partial charge in [-0.25, -0.2) is 9.78 Å². The number of likely N-dealkylation sites (tertiary alicyclic amines) is 1. The van der Waals surface area contributed by atoms with E-state index in [0.29, 0.717) is 19.5 Å². The van der Waals surface area contributed by atoms with E-state index in [0.717, 1.165) is 6.20 Å². The number of piperidine rings is 1. The molecular formula is C17H26N6O5. The molecule has 2 atom stereocenters. The second kappa shape index (κ2) is 7.87. The summed E-state index contributed by atoms with van der Waals surface area (Å²) < 4.78 is 5.39. The summed E-state index contributed by atoms with van der Waals surface area (Å²) in [5.41, 5.74) is 9.74. The maximum absolute atomic E-state index is 12.3. The van der Waals surface area contributed by atoms with Crippen molar-refractivity contribution in [3.8, 4) is 0 Å². The number of primary amides is 1. The number of nitrogens with one attached hydrogen (secondary N) is 1. The van der Waals surface area contributed by atoms with Crippen molar-refractivity contribution in [3.63, 3.8) is 0 Å². The number of nitro groups is 1. The Bertz CT molecular complexity index is 791. The lowest BCUT2D eigenvalue weighted by molar-refractivity contribution is -0.383. The molecule has 0 spiro atoms. The molecule has 28 heavy (non-hydrogen) atoms. The first-order valence-electron chi connectivity index (χ1n) is 8.88. The molecule has 1 aromatic heterocycles. The van der Waals surface area contributed by atoms with Crippen LogP contribution in [0.4, 0.5) is 22.0 Å². The maximum Gasteiger partial charge on any atom is 0.410 e. The molecule has 0 aliphatic carbocycles. The van der Waals surface area contributed by atoms with Crippen molar-refractivity contribution in [2.24, 2.45) is 11.7 Å². The largest absolute Gasteiger partial charge is 0.444 e. The first-order valence-corrected chi connectivity index (χ1v) is 8.88. The van der Waals surface area contributed by atoms with E-state index in [9.17, 15) is 19.7 Å². The minimum Gasteiger partial charge on any atom is -0.444 e. The standard InChI is InChI=1S/C17H26N6O5/c1-9-8-22(16(25)28-17(2,3)4)6-5-11(9)21-12-10(15(19)24)7-20-14(18)13(12)23(26)27/h7,9,11H,5-6,8H2,1-4H3,(H2,19,24)(H3,18,20,21)/t9-,11+/m0/s1. The Morgan fingerprint density at radius 2 is 2.07 bits per heavy atom. The average molecular weight is 394 g/mol. The molecule has 2 rings (SSSR count). The van der Waals surface area contributed by atoms with Crippen LogP contribution in [0.25, 0.3) is 0 Å². The van der Waals surface area contributed by atoms with Gasteiger partial charge in [0.2, 0.25) is 5.82 Å². The minimum atomic E-state index is -0.850. The fourth-order valence-electron chi connectivity index (χ4n) is 3.07. The van der Waals surface area contributed by atoms with E-state index in [1.54, 1.807) is 25.7 Å². The number of hydrogen-bond acceptors (Lipinski definition) is 8. The summed E-state index contributed by atoms with van der Waals surface area (Å²) in [7, 11) is 0. The van der Waals surface area contributed by atoms with E-state index in [1.165, 1.54) is 0 Å². The van der Waals surface area contributed by atoms with Crippen LogP contribution in [0.2, 0.25) is 0 Å². The first kappa shape index (κ1) is 21.2. The maximum atomic E-state index is 12.3. The van der Waals surface area contributed by atoms with E-state index >= 15 is 0 Å². The van der Waals surface area contributed by atoms with Crippen molar-refractivity contribution in [1.29, 1.82) is 0 Å². The molecule has 1 aliphatic rings. The molecule has 2 heterocycles. The number of anilines is 2. The van der Waals surface area contributed by atoms with Crippen molar-refractivity contribution in [2.75, 3.05) is 24.1 Å². The predicted octanol–water partition coefficient (Wildman–Crippen LogP) is 1.73. The lowest BCUT2D eigenvalue weighted by Crippen LogP contribution is -2.49. The van der Waals surface area contributed by atoms with E-state index in [4.69, 9.17) is 16.2 Å². The third-order valence-electron chi connectivity index (χ3n) is 4.42. The number of amides is 2. The Hall–Kier alpha value is -3.11. The Morgan fingerprint density at radius 1 is 1.43 bits per heavy atom. The number of carbonyl (C=O) groups is 2. The Morgan fingerprint density at radius 3 is 2.57 bits per heavy atom. The third-order valence-corrected chi connectivity index (χ3v) is 4.42. The van der Waals surface area contributed by atoms with Crippen LogP contribution in [0.3, 0.4) is 0 Å². The fraction of sp³-hybridized carbons (Fsp3) is 0.588. The second-order valence-electron chi connectivity index (χ2n) is 7.85. The molecule has 0 aromatic carbocycles. The predicted molar refractivity (Wildman–Crippen MR) is 103 cm³/mol. The van der Waals surface area contributed by atoms with Crippen LogP contribution in [0.5, 0.6) is 0 Å². The minimum absolute atomic E-state index is 0.0485. The van der Waals surface area contributed by atoms with Gasteiger partial charge >= 0.3 is 11.8 Å². The molecule has 2 amide bonds. The van der Waals surface area contributed by atoms with Crippen LogP contribution in [0, 0.1) is 16.0 Å². The number of ether oxygens (including phenoxy) is 1. The number of nitrogens with zero attached hydrogens (tertiary/aromatic N) is 3. The Balaban J connectivity index is 2.22. The van der Waals surface area contributed by atoms with Crippen molar-refractivity contribution in [2.45, 2.75) is 45.8 Å². The number of hydrogen-bond donors (Lipinski definition) is 3. The molecule has 154 valence electrons. The summed E-state index contributed by atoms with van der Waals surface area (Å²) in [5, 5.41) is 14.5. The zero-order valence-electron chi connectivity index (χ0n) is 16.4. The van der Waals surface area contributed by atoms with Crippen LogP contribution in [-0.2, 0) is 4.74 Å². The summed E-state index contributed by atoms with van der Waals surface area (Å²) >= 11 is 0. The van der Waals surface area contributed by atoms with Gasteiger partial charge in [0.05, 0.1) is 10.5 Å². The summed E-state index contributed by atoms with van der Waals surface area (Å²) in [6, 6.07) is -0.239. The Labute approximate surface area is 162 Å². The second-order valence-corrected chi connectivity index (χ2v) is 7.85. The highest BCUT2D eigenvalue weighted by Gasteiger charge is 2.34. The van der Waals surface area contributed by atoms with Crippen LogP contribution in [0.15, 0.2) is 6.20 Å². The normalized spacial score (nSPS) is 19.8. The number of nitrogens with two attached hydrogens (primary N) is 2. The van der Waals surface area contributed by atoms with Gasteiger partial charge in [0.25, 0.3) is 5.91 Å². The smallest absolute Gasteiger partial charge is 0.410 e. The van der Waals surface area contributed by atoms with E-state index in [-0.39, 0.29) is 29.0 Å². The summed E-state index contributed by atoms with van der Waals surface area (Å²) in [5.74, 6) is -1.23. The van der Waals surface area contributed by atoms with Gasteiger partial charge in [-0.2, -0.15) is 0 Å². The molecular weight excluding hydrogens is 368 g/mol. The molecule has 1 saturated heterocycles. The highest BCUT2D eigenvalue weighted by atomic mass is 16.6. The SMILES string of the molecule is C[C@H]1CN(C(=O)OC(C)(C)C)CC[C@H]1Nc1c(C(N)=O)cnc(N)c1[N+](=O)[O-]. The van der Waals surface area contributed by atoms with Gasteiger partial charge in [-0.1, -0.05) is 6.92 Å². The van der Waals surface area contributed by atoms with E-state index in [2.05, 4.69) is 10.3 Å². The van der Waals surface area contributed by atoms with Crippen LogP contribution in [0.1, 0.15) is 44.5 Å². The fourth-order valence-corrected chi connectivity index (χ4v) is 3.07. The van der Waals surface area contributed by atoms with Crippen molar-refractivity contribution in [1.82, 2.24) is 9.88 Å². The number of rotatable bonds is 4. The van der Waals surface area contributed by atoms with Gasteiger partial charge in [0, 0.05) is 25.3 Å². The van der Waals surface area contributed by atoms with Gasteiger partial charge in [0.15, 0.2) is 0 Å². The van der Waals surface area contributed by atoms with Crippen LogP contribution >= 0.6 is 0 Å². The molecule has 0 unspecified atom stereocenters. The van der Waals surface area contributed by atoms with Crippen LogP contribution in [-0.4, -0.2) is 51.5 Å². The van der Waals surface area contributed by atoms with E-state index < -0.39 is 28.2 Å². The summed E-state index contributed by atoms with van der Waals surface area (Å²) in [6.07, 6.45) is 1.21. The molecule has 1 aromatic rings. The molecule has 0 saturated carbocycles. The zero-order valence-corrected chi connectivity index (χ0v) is 16.4. The zero-order chi connectivity index (χ0) is 21.2. The summed E-state index contributed by atoms with van der Waals surface area (Å²) in [6.45, 7) is 8.07. The molecule has 0 bridgehead atoms. The Kier molecular flexibility index (Phi) is 5.95. The van der Waals surface area contributed by atoms with Crippen molar-refractivity contribution < 1.29 is 19.2 Å². The average Bonchev–Trinajstić information content (AvgIpc) is 2.54. The van der Waals surface area contributed by atoms with Gasteiger partial charge in [-0.15, -0.1) is 0 Å². The van der Waals surface area contributed by atoms with Crippen molar-refractivity contribution >= 4 is 29.2 Å². The number of aromatic nitrogens is 1. The lowest BCUT2D eigenvalue weighted by Gasteiger charge is -2.38.